The highest BCUT2D eigenvalue weighted by Crippen LogP contribution is 2.13. The zero-order chi connectivity index (χ0) is 9.02. The van der Waals surface area contributed by atoms with E-state index in [1.807, 2.05) is 0 Å². The van der Waals surface area contributed by atoms with E-state index in [1.54, 1.807) is 13.8 Å². The van der Waals surface area contributed by atoms with Crippen molar-refractivity contribution in [3.8, 4) is 0 Å². The molecule has 0 saturated carbocycles. The predicted molar refractivity (Wildman–Crippen MR) is 47.2 cm³/mol. The van der Waals surface area contributed by atoms with E-state index in [0.717, 1.165) is 0 Å². The molecule has 0 aromatic heterocycles. The van der Waals surface area contributed by atoms with E-state index in [1.165, 1.54) is 0 Å². The zero-order valence-electron chi connectivity index (χ0n) is 6.64. The first-order chi connectivity index (χ1) is 4.95. The number of hydrogen-bond acceptors (Lipinski definition) is 3. The van der Waals surface area contributed by atoms with E-state index in [4.69, 9.17) is 0 Å². The second-order valence-corrected chi connectivity index (χ2v) is 3.18. The normalized spacial score (nSPS) is 8.91. The van der Waals surface area contributed by atoms with E-state index in [9.17, 15) is 9.59 Å². The topological polar surface area (TPSA) is 34.1 Å². The number of hydrogen-bond donors (Lipinski definition) is 0. The monoisotopic (exact) mass is 170 g/mol. The highest BCUT2D eigenvalue weighted by atomic mass is 32.2. The summed E-state index contributed by atoms with van der Waals surface area (Å²) in [5.41, 5.74) is 0.759. The summed E-state index contributed by atoms with van der Waals surface area (Å²) >= 11 is 0.639. The van der Waals surface area contributed by atoms with Crippen molar-refractivity contribution in [3.63, 3.8) is 0 Å². The molecule has 3 heteroatoms. The number of carbonyl (C=O) groups excluding carboxylic acids is 2. The first kappa shape index (κ1) is 10.2. The number of carbonyl (C=O) groups is 2. The molecule has 0 spiro atoms. The Labute approximate surface area is 70.4 Å². The molecular formula is C8H10O2S. The second kappa shape index (κ2) is 4.13. The Morgan fingerprint density at radius 2 is 1.27 bits per heavy atom. The van der Waals surface area contributed by atoms with Crippen LogP contribution in [0.5, 0.6) is 0 Å². The van der Waals surface area contributed by atoms with E-state index in [2.05, 4.69) is 13.2 Å². The highest BCUT2D eigenvalue weighted by molar-refractivity contribution is 8.26. The average Bonchev–Trinajstić information content (AvgIpc) is 1.87. The van der Waals surface area contributed by atoms with Crippen LogP contribution in [0.4, 0.5) is 0 Å². The van der Waals surface area contributed by atoms with Crippen molar-refractivity contribution in [2.45, 2.75) is 13.8 Å². The lowest BCUT2D eigenvalue weighted by molar-refractivity contribution is -0.109. The summed E-state index contributed by atoms with van der Waals surface area (Å²) in [5, 5.41) is -0.587. The fraction of sp³-hybridized carbons (Fsp3) is 0.250. The molecule has 11 heavy (non-hydrogen) atoms. The van der Waals surface area contributed by atoms with Crippen molar-refractivity contribution in [1.82, 2.24) is 0 Å². The van der Waals surface area contributed by atoms with Crippen LogP contribution in [-0.4, -0.2) is 10.2 Å². The van der Waals surface area contributed by atoms with Gasteiger partial charge >= 0.3 is 0 Å². The van der Waals surface area contributed by atoms with Crippen LogP contribution in [0.25, 0.3) is 0 Å². The minimum Gasteiger partial charge on any atom is -0.281 e. The first-order valence-corrected chi connectivity index (χ1v) is 3.84. The number of rotatable bonds is 2. The van der Waals surface area contributed by atoms with Gasteiger partial charge in [-0.15, -0.1) is 0 Å². The molecule has 0 fully saturated rings. The average molecular weight is 170 g/mol. The van der Waals surface area contributed by atoms with Gasteiger partial charge in [-0.1, -0.05) is 13.2 Å². The van der Waals surface area contributed by atoms with Crippen LogP contribution in [0.2, 0.25) is 0 Å². The van der Waals surface area contributed by atoms with Crippen molar-refractivity contribution in [3.05, 3.63) is 24.3 Å². The summed E-state index contributed by atoms with van der Waals surface area (Å²) in [6.45, 7) is 9.97. The van der Waals surface area contributed by atoms with Crippen molar-refractivity contribution in [1.29, 1.82) is 0 Å². The molecule has 0 rings (SSSR count). The van der Waals surface area contributed by atoms with Crippen LogP contribution >= 0.6 is 11.8 Å². The molecule has 0 N–H and O–H groups in total. The second-order valence-electron chi connectivity index (χ2n) is 2.24. The standard InChI is InChI=1S/C8H10O2S/c1-5(2)7(9)11-8(10)6(3)4/h1,3H2,2,4H3. The molecular weight excluding hydrogens is 160 g/mol. The summed E-state index contributed by atoms with van der Waals surface area (Å²) in [6.07, 6.45) is 0. The van der Waals surface area contributed by atoms with Crippen molar-refractivity contribution < 1.29 is 9.59 Å². The summed E-state index contributed by atoms with van der Waals surface area (Å²) in [7, 11) is 0. The molecule has 60 valence electrons. The summed E-state index contributed by atoms with van der Waals surface area (Å²) < 4.78 is 0. The zero-order valence-corrected chi connectivity index (χ0v) is 7.46. The smallest absolute Gasteiger partial charge is 0.222 e. The lowest BCUT2D eigenvalue weighted by atomic mass is 10.4. The Balaban J connectivity index is 4.07. The van der Waals surface area contributed by atoms with Gasteiger partial charge in [-0.05, 0) is 36.8 Å². The van der Waals surface area contributed by atoms with Gasteiger partial charge in [-0.25, -0.2) is 0 Å². The van der Waals surface area contributed by atoms with Gasteiger partial charge in [0.2, 0.25) is 10.2 Å². The van der Waals surface area contributed by atoms with Gasteiger partial charge in [0.05, 0.1) is 0 Å². The molecule has 0 saturated heterocycles. The van der Waals surface area contributed by atoms with Gasteiger partial charge in [-0.3, -0.25) is 9.59 Å². The SMILES string of the molecule is C=C(C)C(=O)SC(=O)C(=C)C. The Morgan fingerprint density at radius 3 is 1.45 bits per heavy atom. The molecule has 0 atom stereocenters. The van der Waals surface area contributed by atoms with E-state index in [0.29, 0.717) is 22.9 Å². The van der Waals surface area contributed by atoms with Crippen LogP contribution in [-0.2, 0) is 9.59 Å². The molecule has 0 aliphatic carbocycles. The fourth-order valence-electron chi connectivity index (χ4n) is 0.258. The molecule has 0 radical (unpaired) electrons. The van der Waals surface area contributed by atoms with Gasteiger partial charge < -0.3 is 0 Å². The van der Waals surface area contributed by atoms with E-state index in [-0.39, 0.29) is 10.2 Å². The summed E-state index contributed by atoms with van der Waals surface area (Å²) in [4.78, 5) is 21.7. The third kappa shape index (κ3) is 3.78. The van der Waals surface area contributed by atoms with Crippen LogP contribution < -0.4 is 0 Å². The lowest BCUT2D eigenvalue weighted by Gasteiger charge is -1.96. The van der Waals surface area contributed by atoms with Gasteiger partial charge in [0.1, 0.15) is 0 Å². The van der Waals surface area contributed by atoms with Crippen molar-refractivity contribution in [2.75, 3.05) is 0 Å². The Hall–Kier alpha value is -0.830. The van der Waals surface area contributed by atoms with Crippen LogP contribution in [0.3, 0.4) is 0 Å². The van der Waals surface area contributed by atoms with Gasteiger partial charge in [0, 0.05) is 0 Å². The quantitative estimate of drug-likeness (QED) is 0.594. The number of thioether (sulfide) groups is 1. The minimum absolute atomic E-state index is 0.294. The summed E-state index contributed by atoms with van der Waals surface area (Å²) in [6, 6.07) is 0. The van der Waals surface area contributed by atoms with Crippen LogP contribution in [0.1, 0.15) is 13.8 Å². The highest BCUT2D eigenvalue weighted by Gasteiger charge is 2.10. The van der Waals surface area contributed by atoms with Crippen molar-refractivity contribution in [2.24, 2.45) is 0 Å². The molecule has 0 aliphatic rings. The van der Waals surface area contributed by atoms with Crippen LogP contribution in [0.15, 0.2) is 24.3 Å². The molecule has 0 amide bonds. The lowest BCUT2D eigenvalue weighted by Crippen LogP contribution is -1.99. The van der Waals surface area contributed by atoms with Gasteiger partial charge in [0.25, 0.3) is 0 Å². The minimum atomic E-state index is -0.294. The molecule has 0 heterocycles. The third-order valence-electron chi connectivity index (χ3n) is 0.882. The molecule has 0 aromatic rings. The largest absolute Gasteiger partial charge is 0.281 e. The maximum atomic E-state index is 10.9. The fourth-order valence-corrected chi connectivity index (χ4v) is 0.775. The third-order valence-corrected chi connectivity index (χ3v) is 1.95. The maximum absolute atomic E-state index is 10.9. The molecule has 2 nitrogen and oxygen atoms in total. The van der Waals surface area contributed by atoms with Crippen molar-refractivity contribution >= 4 is 22.0 Å². The Kier molecular flexibility index (Phi) is 3.82. The Bertz CT molecular complexity index is 204. The molecule has 0 unspecified atom stereocenters. The summed E-state index contributed by atoms with van der Waals surface area (Å²) in [5.74, 6) is 0. The van der Waals surface area contributed by atoms with Gasteiger partial charge in [-0.2, -0.15) is 0 Å². The molecule has 0 aromatic carbocycles. The first-order valence-electron chi connectivity index (χ1n) is 3.02. The van der Waals surface area contributed by atoms with E-state index >= 15 is 0 Å². The molecule has 0 bridgehead atoms. The van der Waals surface area contributed by atoms with Gasteiger partial charge in [0.15, 0.2) is 0 Å². The molecule has 0 aliphatic heterocycles. The predicted octanol–water partition coefficient (Wildman–Crippen LogP) is 1.93. The maximum Gasteiger partial charge on any atom is 0.222 e. The van der Waals surface area contributed by atoms with Crippen LogP contribution in [0, 0.1) is 0 Å². The Morgan fingerprint density at radius 1 is 1.00 bits per heavy atom. The van der Waals surface area contributed by atoms with E-state index < -0.39 is 0 Å².